The molecule has 0 aliphatic rings. The molecular weight excluding hydrogens is 162 g/mol. The Bertz CT molecular complexity index is 150. The molecule has 0 bridgehead atoms. The fraction of sp³-hybridized carbons (Fsp3) is 0.900. The predicted molar refractivity (Wildman–Crippen MR) is 57.8 cm³/mol. The molecule has 0 aromatic carbocycles. The summed E-state index contributed by atoms with van der Waals surface area (Å²) in [6, 6.07) is 0.430. The highest BCUT2D eigenvalue weighted by Crippen LogP contribution is 2.10. The number of nitrogens with one attached hydrogen (secondary N) is 1. The Morgan fingerprint density at radius 2 is 1.77 bits per heavy atom. The summed E-state index contributed by atoms with van der Waals surface area (Å²) in [4.78, 5) is 2.00. The van der Waals surface area contributed by atoms with E-state index < -0.39 is 0 Å². The van der Waals surface area contributed by atoms with Crippen LogP contribution in [0.4, 0.5) is 0 Å². The molecule has 3 nitrogen and oxygen atoms in total. The topological polar surface area (TPSA) is 53.1 Å². The van der Waals surface area contributed by atoms with E-state index in [1.807, 2.05) is 4.90 Å². The number of guanidine groups is 1. The quantitative estimate of drug-likeness (QED) is 0.508. The van der Waals surface area contributed by atoms with Crippen molar-refractivity contribution in [3.8, 4) is 0 Å². The first-order chi connectivity index (χ1) is 6.02. The van der Waals surface area contributed by atoms with Gasteiger partial charge >= 0.3 is 0 Å². The van der Waals surface area contributed by atoms with Crippen LogP contribution in [0.2, 0.25) is 0 Å². The highest BCUT2D eigenvalue weighted by molar-refractivity contribution is 5.74. The van der Waals surface area contributed by atoms with Crippen LogP contribution in [-0.2, 0) is 0 Å². The highest BCUT2D eigenvalue weighted by Gasteiger charge is 2.16. The maximum Gasteiger partial charge on any atom is 0.188 e. The van der Waals surface area contributed by atoms with Gasteiger partial charge in [0.15, 0.2) is 5.96 Å². The normalized spacial score (nSPS) is 10.9. The van der Waals surface area contributed by atoms with Crippen molar-refractivity contribution in [1.82, 2.24) is 4.90 Å². The summed E-state index contributed by atoms with van der Waals surface area (Å²) in [5.74, 6) is 0.770. The minimum absolute atomic E-state index is 0.211. The standard InChI is InChI=1S/C10H23N3/c1-5-9(6-2)13(10(11)12)7-8(3)4/h8-9H,5-7H2,1-4H3,(H3,11,12). The predicted octanol–water partition coefficient (Wildman–Crippen LogP) is 2.03. The summed E-state index contributed by atoms with van der Waals surface area (Å²) in [7, 11) is 0. The van der Waals surface area contributed by atoms with E-state index in [0.29, 0.717) is 12.0 Å². The van der Waals surface area contributed by atoms with Crippen LogP contribution in [0.25, 0.3) is 0 Å². The molecule has 0 fully saturated rings. The van der Waals surface area contributed by atoms with Crippen LogP contribution in [0.1, 0.15) is 40.5 Å². The second-order valence-electron chi connectivity index (χ2n) is 3.90. The van der Waals surface area contributed by atoms with Gasteiger partial charge in [-0.3, -0.25) is 5.41 Å². The van der Waals surface area contributed by atoms with Gasteiger partial charge in [0.1, 0.15) is 0 Å². The minimum atomic E-state index is 0.211. The molecule has 0 unspecified atom stereocenters. The van der Waals surface area contributed by atoms with E-state index >= 15 is 0 Å². The van der Waals surface area contributed by atoms with Crippen molar-refractivity contribution in [2.75, 3.05) is 6.54 Å². The second-order valence-corrected chi connectivity index (χ2v) is 3.90. The van der Waals surface area contributed by atoms with E-state index in [1.54, 1.807) is 0 Å². The smallest absolute Gasteiger partial charge is 0.188 e. The zero-order chi connectivity index (χ0) is 10.4. The van der Waals surface area contributed by atoms with Crippen LogP contribution >= 0.6 is 0 Å². The molecule has 0 aliphatic heterocycles. The van der Waals surface area contributed by atoms with Gasteiger partial charge in [-0.15, -0.1) is 0 Å². The van der Waals surface area contributed by atoms with Gasteiger partial charge in [-0.25, -0.2) is 0 Å². The highest BCUT2D eigenvalue weighted by atomic mass is 15.2. The van der Waals surface area contributed by atoms with E-state index in [4.69, 9.17) is 11.1 Å². The second kappa shape index (κ2) is 5.84. The molecule has 13 heavy (non-hydrogen) atoms. The third-order valence-electron chi connectivity index (χ3n) is 2.25. The van der Waals surface area contributed by atoms with Crippen molar-refractivity contribution in [3.05, 3.63) is 0 Å². The lowest BCUT2D eigenvalue weighted by atomic mass is 10.1. The number of rotatable bonds is 5. The molecule has 0 saturated heterocycles. The molecule has 0 heterocycles. The summed E-state index contributed by atoms with van der Waals surface area (Å²) in [5.41, 5.74) is 5.55. The van der Waals surface area contributed by atoms with Gasteiger partial charge in [0.25, 0.3) is 0 Å². The molecule has 0 atom stereocenters. The fourth-order valence-electron chi connectivity index (χ4n) is 1.57. The maximum atomic E-state index is 7.49. The van der Waals surface area contributed by atoms with Gasteiger partial charge < -0.3 is 10.6 Å². The average Bonchev–Trinajstić information content (AvgIpc) is 2.04. The van der Waals surface area contributed by atoms with Crippen molar-refractivity contribution < 1.29 is 0 Å². The Hall–Kier alpha value is -0.730. The molecule has 0 radical (unpaired) electrons. The Morgan fingerprint density at radius 3 is 2.00 bits per heavy atom. The van der Waals surface area contributed by atoms with Gasteiger partial charge in [-0.2, -0.15) is 0 Å². The number of nitrogens with zero attached hydrogens (tertiary/aromatic N) is 1. The molecule has 0 saturated carbocycles. The van der Waals surface area contributed by atoms with Crippen LogP contribution < -0.4 is 5.73 Å². The number of nitrogens with two attached hydrogens (primary N) is 1. The van der Waals surface area contributed by atoms with Crippen LogP contribution in [0, 0.1) is 11.3 Å². The summed E-state index contributed by atoms with van der Waals surface area (Å²) in [6.07, 6.45) is 2.12. The Kier molecular flexibility index (Phi) is 5.51. The van der Waals surface area contributed by atoms with Crippen molar-refractivity contribution in [1.29, 1.82) is 5.41 Å². The maximum absolute atomic E-state index is 7.49. The van der Waals surface area contributed by atoms with Crippen molar-refractivity contribution in [2.45, 2.75) is 46.6 Å². The molecule has 0 spiro atoms. The first-order valence-electron chi connectivity index (χ1n) is 5.13. The van der Waals surface area contributed by atoms with Gasteiger partial charge in [0, 0.05) is 12.6 Å². The lowest BCUT2D eigenvalue weighted by Crippen LogP contribution is -2.45. The monoisotopic (exact) mass is 185 g/mol. The van der Waals surface area contributed by atoms with Crippen molar-refractivity contribution >= 4 is 5.96 Å². The Balaban J connectivity index is 4.30. The van der Waals surface area contributed by atoms with Crippen LogP contribution in [-0.4, -0.2) is 23.4 Å². The SMILES string of the molecule is CCC(CC)N(CC(C)C)C(=N)N. The third kappa shape index (κ3) is 4.15. The molecule has 3 heteroatoms. The summed E-state index contributed by atoms with van der Waals surface area (Å²) >= 11 is 0. The Labute approximate surface area is 81.8 Å². The van der Waals surface area contributed by atoms with Gasteiger partial charge in [0.05, 0.1) is 0 Å². The third-order valence-corrected chi connectivity index (χ3v) is 2.25. The van der Waals surface area contributed by atoms with E-state index in [2.05, 4.69) is 27.7 Å². The minimum Gasteiger partial charge on any atom is -0.370 e. The summed E-state index contributed by atoms with van der Waals surface area (Å²) in [5, 5.41) is 7.49. The van der Waals surface area contributed by atoms with Crippen molar-refractivity contribution in [2.24, 2.45) is 11.7 Å². The molecule has 3 N–H and O–H groups in total. The first kappa shape index (κ1) is 12.3. The van der Waals surface area contributed by atoms with Crippen LogP contribution in [0.3, 0.4) is 0 Å². The number of hydrogen-bond acceptors (Lipinski definition) is 1. The lowest BCUT2D eigenvalue weighted by Gasteiger charge is -2.32. The van der Waals surface area contributed by atoms with E-state index in [9.17, 15) is 0 Å². The van der Waals surface area contributed by atoms with Gasteiger partial charge in [0.2, 0.25) is 0 Å². The van der Waals surface area contributed by atoms with E-state index in [-0.39, 0.29) is 5.96 Å². The molecule has 0 aromatic heterocycles. The summed E-state index contributed by atoms with van der Waals surface area (Å²) in [6.45, 7) is 9.48. The molecule has 0 aromatic rings. The lowest BCUT2D eigenvalue weighted by molar-refractivity contribution is 0.262. The number of hydrogen-bond donors (Lipinski definition) is 2. The van der Waals surface area contributed by atoms with Crippen LogP contribution in [0.5, 0.6) is 0 Å². The molecule has 78 valence electrons. The van der Waals surface area contributed by atoms with Gasteiger partial charge in [-0.1, -0.05) is 27.7 Å². The summed E-state index contributed by atoms with van der Waals surface area (Å²) < 4.78 is 0. The largest absolute Gasteiger partial charge is 0.370 e. The van der Waals surface area contributed by atoms with Crippen LogP contribution in [0.15, 0.2) is 0 Å². The zero-order valence-electron chi connectivity index (χ0n) is 9.30. The molecule has 0 rings (SSSR count). The Morgan fingerprint density at radius 1 is 1.31 bits per heavy atom. The van der Waals surface area contributed by atoms with E-state index in [1.165, 1.54) is 0 Å². The molecule has 0 aliphatic carbocycles. The fourth-order valence-corrected chi connectivity index (χ4v) is 1.57. The average molecular weight is 185 g/mol. The molecular formula is C10H23N3. The van der Waals surface area contributed by atoms with Gasteiger partial charge in [-0.05, 0) is 18.8 Å². The molecule has 0 amide bonds. The van der Waals surface area contributed by atoms with E-state index in [0.717, 1.165) is 19.4 Å². The zero-order valence-corrected chi connectivity index (χ0v) is 9.30. The first-order valence-corrected chi connectivity index (χ1v) is 5.13. The van der Waals surface area contributed by atoms with Crippen molar-refractivity contribution in [3.63, 3.8) is 0 Å².